The smallest absolute Gasteiger partial charge is 0.240 e. The molecule has 1 aromatic rings. The molecule has 0 saturated heterocycles. The van der Waals surface area contributed by atoms with Crippen molar-refractivity contribution in [3.63, 3.8) is 0 Å². The molecule has 1 aliphatic heterocycles. The molecule has 0 saturated carbocycles. The molecule has 5 heteroatoms. The molecule has 16 heavy (non-hydrogen) atoms. The third-order valence-electron chi connectivity index (χ3n) is 2.47. The van der Waals surface area contributed by atoms with E-state index in [-0.39, 0.29) is 17.7 Å². The molecule has 1 atom stereocenters. The summed E-state index contributed by atoms with van der Waals surface area (Å²) >= 11 is 3.35. The van der Waals surface area contributed by atoms with Gasteiger partial charge in [-0.3, -0.25) is 9.00 Å². The molecule has 1 aromatic carbocycles. The van der Waals surface area contributed by atoms with E-state index in [0.717, 1.165) is 15.1 Å². The zero-order valence-corrected chi connectivity index (χ0v) is 11.5. The number of carbonyl (C=O) groups excluding carboxylic acids is 1. The van der Waals surface area contributed by atoms with Crippen LogP contribution in [0.25, 0.3) is 0 Å². The molecule has 1 heterocycles. The maximum atomic E-state index is 11.9. The Morgan fingerprint density at radius 1 is 1.44 bits per heavy atom. The molecule has 1 aliphatic rings. The summed E-state index contributed by atoms with van der Waals surface area (Å²) in [4.78, 5) is 14.3. The second-order valence-electron chi connectivity index (χ2n) is 3.96. The largest absolute Gasteiger partial charge is 0.308 e. The van der Waals surface area contributed by atoms with Crippen molar-refractivity contribution in [3.8, 4) is 0 Å². The van der Waals surface area contributed by atoms with Gasteiger partial charge in [-0.05, 0) is 32.0 Å². The van der Waals surface area contributed by atoms with Crippen LogP contribution in [0.1, 0.15) is 13.8 Å². The lowest BCUT2D eigenvalue weighted by molar-refractivity contribution is -0.116. The second-order valence-corrected chi connectivity index (χ2v) is 6.29. The van der Waals surface area contributed by atoms with Crippen LogP contribution >= 0.6 is 15.9 Å². The van der Waals surface area contributed by atoms with Crippen LogP contribution in [0.2, 0.25) is 0 Å². The summed E-state index contributed by atoms with van der Waals surface area (Å²) in [5.41, 5.74) is 0.771. The Balaban J connectivity index is 2.59. The van der Waals surface area contributed by atoms with Crippen molar-refractivity contribution in [2.45, 2.75) is 24.8 Å². The Morgan fingerprint density at radius 2 is 2.12 bits per heavy atom. The van der Waals surface area contributed by atoms with Crippen LogP contribution in [0.15, 0.2) is 27.6 Å². The number of benzene rings is 1. The SMILES string of the molecule is CC(C)N1C(=O)CS(=O)c2cc(Br)ccc21. The first-order chi connectivity index (χ1) is 7.50. The Bertz CT molecular complexity index is 473. The maximum Gasteiger partial charge on any atom is 0.240 e. The van der Waals surface area contributed by atoms with Crippen molar-refractivity contribution in [2.75, 3.05) is 10.7 Å². The van der Waals surface area contributed by atoms with Crippen molar-refractivity contribution in [1.82, 2.24) is 0 Å². The van der Waals surface area contributed by atoms with Crippen molar-refractivity contribution in [3.05, 3.63) is 22.7 Å². The van der Waals surface area contributed by atoms with E-state index < -0.39 is 10.8 Å². The summed E-state index contributed by atoms with van der Waals surface area (Å²) in [6, 6.07) is 5.62. The van der Waals surface area contributed by atoms with Crippen molar-refractivity contribution in [1.29, 1.82) is 0 Å². The number of hydrogen-bond donors (Lipinski definition) is 0. The third-order valence-corrected chi connectivity index (χ3v) is 4.29. The molecule has 0 fully saturated rings. The second kappa shape index (κ2) is 4.30. The number of hydrogen-bond acceptors (Lipinski definition) is 2. The van der Waals surface area contributed by atoms with Crippen LogP contribution in [0.5, 0.6) is 0 Å². The van der Waals surface area contributed by atoms with E-state index in [1.54, 1.807) is 4.90 Å². The predicted octanol–water partition coefficient (Wildman–Crippen LogP) is 2.31. The van der Waals surface area contributed by atoms with E-state index in [1.807, 2.05) is 32.0 Å². The molecule has 86 valence electrons. The zero-order chi connectivity index (χ0) is 11.9. The summed E-state index contributed by atoms with van der Waals surface area (Å²) in [6.07, 6.45) is 0. The third kappa shape index (κ3) is 1.94. The molecule has 0 aliphatic carbocycles. The predicted molar refractivity (Wildman–Crippen MR) is 68.0 cm³/mol. The maximum absolute atomic E-state index is 11.9. The van der Waals surface area contributed by atoms with Gasteiger partial charge in [-0.25, -0.2) is 0 Å². The minimum Gasteiger partial charge on any atom is -0.308 e. The highest BCUT2D eigenvalue weighted by atomic mass is 79.9. The summed E-state index contributed by atoms with van der Waals surface area (Å²) < 4.78 is 12.7. The Hall–Kier alpha value is -0.680. The fourth-order valence-corrected chi connectivity index (χ4v) is 3.52. The first-order valence-corrected chi connectivity index (χ1v) is 7.12. The highest BCUT2D eigenvalue weighted by Gasteiger charge is 2.30. The van der Waals surface area contributed by atoms with Gasteiger partial charge < -0.3 is 4.90 Å². The Labute approximate surface area is 105 Å². The van der Waals surface area contributed by atoms with E-state index in [2.05, 4.69) is 15.9 Å². The fourth-order valence-electron chi connectivity index (χ4n) is 1.83. The number of rotatable bonds is 1. The molecule has 3 nitrogen and oxygen atoms in total. The monoisotopic (exact) mass is 301 g/mol. The zero-order valence-electron chi connectivity index (χ0n) is 9.07. The molecule has 0 bridgehead atoms. The van der Waals surface area contributed by atoms with Crippen LogP contribution in [-0.4, -0.2) is 21.9 Å². The highest BCUT2D eigenvalue weighted by molar-refractivity contribution is 9.10. The van der Waals surface area contributed by atoms with Gasteiger partial charge in [0.15, 0.2) is 0 Å². The molecule has 0 aromatic heterocycles. The van der Waals surface area contributed by atoms with E-state index in [9.17, 15) is 9.00 Å². The molecular formula is C11H12BrNO2S. The average molecular weight is 302 g/mol. The van der Waals surface area contributed by atoms with Crippen molar-refractivity contribution < 1.29 is 9.00 Å². The van der Waals surface area contributed by atoms with Gasteiger partial charge >= 0.3 is 0 Å². The van der Waals surface area contributed by atoms with Crippen LogP contribution in [0.4, 0.5) is 5.69 Å². The Morgan fingerprint density at radius 3 is 2.75 bits per heavy atom. The standard InChI is InChI=1S/C11H12BrNO2S/c1-7(2)13-9-4-3-8(12)5-10(9)16(15)6-11(13)14/h3-5,7H,6H2,1-2H3. The molecule has 1 unspecified atom stereocenters. The summed E-state index contributed by atoms with van der Waals surface area (Å²) in [7, 11) is -1.21. The van der Waals surface area contributed by atoms with Crippen molar-refractivity contribution in [2.24, 2.45) is 0 Å². The normalized spacial score (nSPS) is 20.1. The molecule has 0 spiro atoms. The molecule has 0 N–H and O–H groups in total. The number of amides is 1. The lowest BCUT2D eigenvalue weighted by Gasteiger charge is -2.32. The van der Waals surface area contributed by atoms with Gasteiger partial charge in [-0.15, -0.1) is 0 Å². The van der Waals surface area contributed by atoms with Gasteiger partial charge in [0.2, 0.25) is 5.91 Å². The molecule has 2 rings (SSSR count). The average Bonchev–Trinajstić information content (AvgIpc) is 2.18. The number of nitrogens with zero attached hydrogens (tertiary/aromatic N) is 1. The van der Waals surface area contributed by atoms with Crippen LogP contribution in [0.3, 0.4) is 0 Å². The van der Waals surface area contributed by atoms with E-state index in [0.29, 0.717) is 0 Å². The van der Waals surface area contributed by atoms with Gasteiger partial charge in [0.1, 0.15) is 5.75 Å². The minimum atomic E-state index is -1.21. The number of carbonyl (C=O) groups is 1. The highest BCUT2D eigenvalue weighted by Crippen LogP contribution is 2.32. The molecular weight excluding hydrogens is 290 g/mol. The van der Waals surface area contributed by atoms with Crippen molar-refractivity contribution >= 4 is 38.3 Å². The lowest BCUT2D eigenvalue weighted by atomic mass is 10.2. The number of halogens is 1. The molecule has 1 amide bonds. The van der Waals surface area contributed by atoms with Crippen LogP contribution < -0.4 is 4.90 Å². The van der Waals surface area contributed by atoms with Gasteiger partial charge in [-0.2, -0.15) is 0 Å². The van der Waals surface area contributed by atoms with Gasteiger partial charge in [0.25, 0.3) is 0 Å². The van der Waals surface area contributed by atoms with E-state index in [1.165, 1.54) is 0 Å². The summed E-state index contributed by atoms with van der Waals surface area (Å²) in [5.74, 6) is 0.0184. The Kier molecular flexibility index (Phi) is 3.17. The quantitative estimate of drug-likeness (QED) is 0.798. The van der Waals surface area contributed by atoms with Gasteiger partial charge in [-0.1, -0.05) is 15.9 Å². The minimum absolute atomic E-state index is 0.0665. The number of fused-ring (bicyclic) bond motifs is 1. The summed E-state index contributed by atoms with van der Waals surface area (Å²) in [6.45, 7) is 3.91. The van der Waals surface area contributed by atoms with Crippen LogP contribution in [-0.2, 0) is 15.6 Å². The number of anilines is 1. The lowest BCUT2D eigenvalue weighted by Crippen LogP contribution is -2.43. The van der Waals surface area contributed by atoms with E-state index >= 15 is 0 Å². The first-order valence-electron chi connectivity index (χ1n) is 5.00. The molecule has 0 radical (unpaired) electrons. The van der Waals surface area contributed by atoms with Crippen LogP contribution in [0, 0.1) is 0 Å². The van der Waals surface area contributed by atoms with E-state index in [4.69, 9.17) is 0 Å². The first kappa shape index (κ1) is 11.8. The fraction of sp³-hybridized carbons (Fsp3) is 0.364. The van der Waals surface area contributed by atoms with Gasteiger partial charge in [0.05, 0.1) is 21.4 Å². The topological polar surface area (TPSA) is 37.4 Å². The van der Waals surface area contributed by atoms with Gasteiger partial charge in [0, 0.05) is 10.5 Å². The summed E-state index contributed by atoms with van der Waals surface area (Å²) in [5, 5.41) is 0.